The average Bonchev–Trinajstić information content (AvgIpc) is 3.21. The minimum atomic E-state index is -0.349. The third kappa shape index (κ3) is 5.38. The molecule has 0 spiro atoms. The number of nitrogens with two attached hydrogens (primary N) is 1. The van der Waals surface area contributed by atoms with E-state index in [9.17, 15) is 9.59 Å². The molecule has 2 heterocycles. The van der Waals surface area contributed by atoms with Crippen molar-refractivity contribution in [3.63, 3.8) is 0 Å². The lowest BCUT2D eigenvalue weighted by Gasteiger charge is -2.32. The van der Waals surface area contributed by atoms with E-state index in [0.717, 1.165) is 30.5 Å². The molecule has 2 N–H and O–H groups in total. The summed E-state index contributed by atoms with van der Waals surface area (Å²) in [7, 11) is 0. The Labute approximate surface area is 176 Å². The molecule has 1 fully saturated rings. The molecule has 8 heteroatoms. The van der Waals surface area contributed by atoms with Crippen LogP contribution in [0.5, 0.6) is 0 Å². The molecule has 3 rings (SSSR count). The number of amides is 1. The van der Waals surface area contributed by atoms with Gasteiger partial charge in [-0.2, -0.15) is 5.10 Å². The lowest BCUT2D eigenvalue weighted by Crippen LogP contribution is -2.39. The Morgan fingerprint density at radius 2 is 1.90 bits per heavy atom. The fraction of sp³-hybridized carbons (Fsp3) is 0.500. The van der Waals surface area contributed by atoms with Gasteiger partial charge in [0.25, 0.3) is 0 Å². The molecule has 1 aliphatic rings. The molecule has 0 bridgehead atoms. The van der Waals surface area contributed by atoms with Crippen LogP contribution in [0.3, 0.4) is 0 Å². The Balaban J connectivity index is 1.59. The van der Waals surface area contributed by atoms with Gasteiger partial charge < -0.3 is 20.1 Å². The fourth-order valence-electron chi connectivity index (χ4n) is 3.70. The number of nitrogens with zero attached hydrogens (tertiary/aromatic N) is 3. The first-order valence-electron chi connectivity index (χ1n) is 10.5. The van der Waals surface area contributed by atoms with Crippen LogP contribution in [0.2, 0.25) is 0 Å². The highest BCUT2D eigenvalue weighted by molar-refractivity contribution is 5.90. The molecule has 1 amide bonds. The summed E-state index contributed by atoms with van der Waals surface area (Å²) in [6.07, 6.45) is 4.23. The minimum absolute atomic E-state index is 0.124. The van der Waals surface area contributed by atoms with Crippen molar-refractivity contribution in [2.75, 3.05) is 26.2 Å². The normalized spacial score (nSPS) is 14.5. The van der Waals surface area contributed by atoms with Crippen LogP contribution in [-0.2, 0) is 22.5 Å². The Hall–Kier alpha value is -2.87. The van der Waals surface area contributed by atoms with Gasteiger partial charge in [0, 0.05) is 13.1 Å². The van der Waals surface area contributed by atoms with E-state index >= 15 is 0 Å². The molecule has 0 aliphatic carbocycles. The van der Waals surface area contributed by atoms with Gasteiger partial charge in [-0.25, -0.2) is 9.59 Å². The zero-order chi connectivity index (χ0) is 21.3. The second kappa shape index (κ2) is 10.8. The maximum Gasteiger partial charge on any atom is 0.410 e. The highest BCUT2D eigenvalue weighted by Gasteiger charge is 2.28. The van der Waals surface area contributed by atoms with Gasteiger partial charge in [-0.1, -0.05) is 30.3 Å². The predicted molar refractivity (Wildman–Crippen MR) is 112 cm³/mol. The Morgan fingerprint density at radius 3 is 2.57 bits per heavy atom. The van der Waals surface area contributed by atoms with E-state index in [1.54, 1.807) is 18.0 Å². The molecule has 0 unspecified atom stereocenters. The molecule has 1 aromatic heterocycles. The highest BCUT2D eigenvalue weighted by Crippen LogP contribution is 2.26. The quantitative estimate of drug-likeness (QED) is 0.667. The van der Waals surface area contributed by atoms with Crippen molar-refractivity contribution in [1.82, 2.24) is 14.7 Å². The van der Waals surface area contributed by atoms with Gasteiger partial charge in [-0.15, -0.1) is 0 Å². The van der Waals surface area contributed by atoms with Gasteiger partial charge >= 0.3 is 12.1 Å². The van der Waals surface area contributed by atoms with Crippen LogP contribution in [0.15, 0.2) is 36.5 Å². The minimum Gasteiger partial charge on any atom is -0.462 e. The summed E-state index contributed by atoms with van der Waals surface area (Å²) in [5.41, 5.74) is 8.02. The first-order chi connectivity index (χ1) is 14.6. The summed E-state index contributed by atoms with van der Waals surface area (Å²) in [6.45, 7) is 4.09. The van der Waals surface area contributed by atoms with Crippen LogP contribution in [0, 0.1) is 0 Å². The second-order valence-corrected chi connectivity index (χ2v) is 7.32. The number of rotatable bonds is 8. The number of likely N-dealkylation sites (tertiary alicyclic amines) is 1. The van der Waals surface area contributed by atoms with Gasteiger partial charge in [-0.3, -0.25) is 4.68 Å². The summed E-state index contributed by atoms with van der Waals surface area (Å²) in [4.78, 5) is 26.4. The van der Waals surface area contributed by atoms with E-state index in [1.165, 1.54) is 0 Å². The first-order valence-corrected chi connectivity index (χ1v) is 10.5. The number of ether oxygens (including phenoxy) is 2. The monoisotopic (exact) mass is 414 g/mol. The van der Waals surface area contributed by atoms with Crippen LogP contribution in [0.1, 0.15) is 53.8 Å². The predicted octanol–water partition coefficient (Wildman–Crippen LogP) is 2.92. The molecule has 2 aromatic rings. The van der Waals surface area contributed by atoms with Gasteiger partial charge in [0.15, 0.2) is 0 Å². The van der Waals surface area contributed by atoms with Crippen molar-refractivity contribution in [2.24, 2.45) is 5.73 Å². The number of hydrogen-bond donors (Lipinski definition) is 1. The zero-order valence-corrected chi connectivity index (χ0v) is 17.5. The SMILES string of the molecule is CCOC(=O)c1cnn(C2CCN(C(=O)OCc3ccccc3)CC2)c1CCCN. The smallest absolute Gasteiger partial charge is 0.410 e. The zero-order valence-electron chi connectivity index (χ0n) is 17.5. The van der Waals surface area contributed by atoms with Crippen molar-refractivity contribution < 1.29 is 19.1 Å². The molecule has 1 saturated heterocycles. The molecule has 1 aliphatic heterocycles. The number of esters is 1. The summed E-state index contributed by atoms with van der Waals surface area (Å²) in [5, 5.41) is 4.48. The van der Waals surface area contributed by atoms with Crippen molar-refractivity contribution in [3.05, 3.63) is 53.3 Å². The Kier molecular flexibility index (Phi) is 7.84. The van der Waals surface area contributed by atoms with E-state index in [-0.39, 0.29) is 24.7 Å². The standard InChI is InChI=1S/C22H30N4O4/c1-2-29-21(27)19-15-24-26(20(19)9-6-12-23)18-10-13-25(14-11-18)22(28)30-16-17-7-4-3-5-8-17/h3-5,7-8,15,18H,2,6,9-14,16,23H2,1H3. The summed E-state index contributed by atoms with van der Waals surface area (Å²) in [5.74, 6) is -0.349. The molecule has 0 atom stereocenters. The largest absolute Gasteiger partial charge is 0.462 e. The molecule has 162 valence electrons. The maximum absolute atomic E-state index is 12.4. The van der Waals surface area contributed by atoms with Crippen molar-refractivity contribution in [1.29, 1.82) is 0 Å². The van der Waals surface area contributed by atoms with Gasteiger partial charge in [-0.05, 0) is 44.7 Å². The number of hydrogen-bond acceptors (Lipinski definition) is 6. The van der Waals surface area contributed by atoms with Crippen molar-refractivity contribution in [2.45, 2.75) is 45.3 Å². The van der Waals surface area contributed by atoms with E-state index in [1.807, 2.05) is 35.0 Å². The summed E-state index contributed by atoms with van der Waals surface area (Å²) in [6, 6.07) is 9.76. The molecule has 8 nitrogen and oxygen atoms in total. The molecular formula is C22H30N4O4. The topological polar surface area (TPSA) is 99.7 Å². The number of benzene rings is 1. The third-order valence-corrected chi connectivity index (χ3v) is 5.29. The average molecular weight is 415 g/mol. The van der Waals surface area contributed by atoms with Crippen LogP contribution in [0.25, 0.3) is 0 Å². The van der Waals surface area contributed by atoms with E-state index in [4.69, 9.17) is 15.2 Å². The fourth-order valence-corrected chi connectivity index (χ4v) is 3.70. The Morgan fingerprint density at radius 1 is 1.17 bits per heavy atom. The van der Waals surface area contributed by atoms with E-state index in [2.05, 4.69) is 5.10 Å². The number of aromatic nitrogens is 2. The van der Waals surface area contributed by atoms with Crippen LogP contribution >= 0.6 is 0 Å². The highest BCUT2D eigenvalue weighted by atomic mass is 16.6. The van der Waals surface area contributed by atoms with E-state index in [0.29, 0.717) is 38.2 Å². The van der Waals surface area contributed by atoms with Gasteiger partial charge in [0.05, 0.1) is 24.5 Å². The second-order valence-electron chi connectivity index (χ2n) is 7.32. The number of piperidine rings is 1. The lowest BCUT2D eigenvalue weighted by atomic mass is 10.0. The van der Waals surface area contributed by atoms with E-state index < -0.39 is 0 Å². The lowest BCUT2D eigenvalue weighted by molar-refractivity contribution is 0.0524. The third-order valence-electron chi connectivity index (χ3n) is 5.29. The van der Waals surface area contributed by atoms with Crippen LogP contribution in [-0.4, -0.2) is 53.0 Å². The molecule has 1 aromatic carbocycles. The van der Waals surface area contributed by atoms with Crippen LogP contribution in [0.4, 0.5) is 4.79 Å². The summed E-state index contributed by atoms with van der Waals surface area (Å²) >= 11 is 0. The molecular weight excluding hydrogens is 384 g/mol. The number of carbonyl (C=O) groups excluding carboxylic acids is 2. The molecule has 30 heavy (non-hydrogen) atoms. The van der Waals surface area contributed by atoms with Crippen LogP contribution < -0.4 is 5.73 Å². The summed E-state index contributed by atoms with van der Waals surface area (Å²) < 4.78 is 12.5. The Bertz CT molecular complexity index is 829. The maximum atomic E-state index is 12.4. The first kappa shape index (κ1) is 21.8. The number of carbonyl (C=O) groups is 2. The van der Waals surface area contributed by atoms with Gasteiger partial charge in [0.2, 0.25) is 0 Å². The van der Waals surface area contributed by atoms with Crippen molar-refractivity contribution >= 4 is 12.1 Å². The van der Waals surface area contributed by atoms with Gasteiger partial charge in [0.1, 0.15) is 12.2 Å². The molecule has 0 saturated carbocycles. The molecule has 0 radical (unpaired) electrons. The van der Waals surface area contributed by atoms with Crippen molar-refractivity contribution in [3.8, 4) is 0 Å².